The lowest BCUT2D eigenvalue weighted by atomic mass is 10.1. The van der Waals surface area contributed by atoms with Crippen LogP contribution in [0, 0.1) is 6.92 Å². The normalized spacial score (nSPS) is 10.9. The number of carbonyl (C=O) groups excluding carboxylic acids is 2. The molecule has 0 fully saturated rings. The minimum Gasteiger partial charge on any atom is -0.493 e. The molecular weight excluding hydrogens is 444 g/mol. The van der Waals surface area contributed by atoms with Crippen LogP contribution >= 0.6 is 0 Å². The van der Waals surface area contributed by atoms with Gasteiger partial charge in [0.05, 0.1) is 7.11 Å². The molecule has 3 rings (SSSR count). The molecule has 0 spiro atoms. The molecule has 182 valence electrons. The minimum atomic E-state index is -0.359. The average molecular weight is 475 g/mol. The average Bonchev–Trinajstić information content (AvgIpc) is 2.87. The first kappa shape index (κ1) is 25.4. The third-order valence-corrected chi connectivity index (χ3v) is 5.01. The van der Waals surface area contributed by atoms with Crippen LogP contribution in [0.15, 0.2) is 78.5 Å². The predicted molar refractivity (Wildman–Crippen MR) is 136 cm³/mol. The Balaban J connectivity index is 1.61. The maximum absolute atomic E-state index is 12.6. The van der Waals surface area contributed by atoms with Gasteiger partial charge < -0.3 is 24.8 Å². The fourth-order valence-electron chi connectivity index (χ4n) is 3.19. The van der Waals surface area contributed by atoms with Crippen LogP contribution in [0.5, 0.6) is 17.2 Å². The number of hydrogen-bond donors (Lipinski definition) is 2. The summed E-state index contributed by atoms with van der Waals surface area (Å²) in [5.74, 6) is 1.28. The third-order valence-electron chi connectivity index (χ3n) is 5.01. The van der Waals surface area contributed by atoms with Crippen molar-refractivity contribution < 1.29 is 23.8 Å². The van der Waals surface area contributed by atoms with E-state index in [1.54, 1.807) is 37.5 Å². The van der Waals surface area contributed by atoms with E-state index < -0.39 is 0 Å². The number of likely N-dealkylation sites (N-methyl/N-ethyl adjacent to an activating group) is 1. The van der Waals surface area contributed by atoms with E-state index in [1.165, 1.54) is 0 Å². The number of rotatable bonds is 11. The van der Waals surface area contributed by atoms with Crippen molar-refractivity contribution in [3.63, 3.8) is 0 Å². The molecule has 0 aliphatic rings. The Hall–Kier alpha value is -4.26. The Morgan fingerprint density at radius 1 is 0.857 bits per heavy atom. The van der Waals surface area contributed by atoms with Crippen molar-refractivity contribution in [1.29, 1.82) is 0 Å². The van der Waals surface area contributed by atoms with E-state index in [2.05, 4.69) is 10.6 Å². The molecule has 0 aliphatic heterocycles. The summed E-state index contributed by atoms with van der Waals surface area (Å²) in [6.07, 6.45) is 1.63. The van der Waals surface area contributed by atoms with Crippen LogP contribution < -0.4 is 24.8 Å². The third kappa shape index (κ3) is 7.64. The summed E-state index contributed by atoms with van der Waals surface area (Å²) >= 11 is 0. The zero-order valence-corrected chi connectivity index (χ0v) is 20.2. The molecule has 0 aliphatic carbocycles. The van der Waals surface area contributed by atoms with Gasteiger partial charge in [-0.05, 0) is 61.9 Å². The van der Waals surface area contributed by atoms with E-state index in [-0.39, 0.29) is 17.5 Å². The van der Waals surface area contributed by atoms with Gasteiger partial charge in [0, 0.05) is 12.1 Å². The van der Waals surface area contributed by atoms with Gasteiger partial charge in [-0.2, -0.15) is 0 Å². The first-order valence-corrected chi connectivity index (χ1v) is 11.4. The quantitative estimate of drug-likeness (QED) is 0.318. The zero-order valence-electron chi connectivity index (χ0n) is 20.2. The summed E-state index contributed by atoms with van der Waals surface area (Å²) in [6.45, 7) is 4.92. The van der Waals surface area contributed by atoms with Crippen LogP contribution in [0.3, 0.4) is 0 Å². The summed E-state index contributed by atoms with van der Waals surface area (Å²) in [6, 6.07) is 21.8. The Kier molecular flexibility index (Phi) is 9.31. The van der Waals surface area contributed by atoms with Gasteiger partial charge in [0.2, 0.25) is 0 Å². The molecule has 0 heterocycles. The fourth-order valence-corrected chi connectivity index (χ4v) is 3.19. The van der Waals surface area contributed by atoms with Gasteiger partial charge in [-0.25, -0.2) is 0 Å². The summed E-state index contributed by atoms with van der Waals surface area (Å²) < 4.78 is 16.7. The molecular formula is C28H30N2O5. The molecule has 2 amide bonds. The minimum absolute atomic E-state index is 0.163. The summed E-state index contributed by atoms with van der Waals surface area (Å²) in [5.41, 5.74) is 2.43. The van der Waals surface area contributed by atoms with Crippen LogP contribution in [-0.2, 0) is 4.79 Å². The second-order valence-corrected chi connectivity index (χ2v) is 7.65. The van der Waals surface area contributed by atoms with Crippen molar-refractivity contribution >= 4 is 17.9 Å². The summed E-state index contributed by atoms with van der Waals surface area (Å²) in [4.78, 5) is 25.2. The molecule has 7 heteroatoms. The van der Waals surface area contributed by atoms with E-state index in [0.29, 0.717) is 42.6 Å². The van der Waals surface area contributed by atoms with Crippen LogP contribution in [-0.4, -0.2) is 38.7 Å². The van der Waals surface area contributed by atoms with Crippen LogP contribution in [0.1, 0.15) is 28.4 Å². The van der Waals surface area contributed by atoms with Crippen molar-refractivity contribution in [3.05, 3.63) is 95.2 Å². The Bertz CT molecular complexity index is 1150. The van der Waals surface area contributed by atoms with Gasteiger partial charge in [0.1, 0.15) is 24.7 Å². The molecule has 35 heavy (non-hydrogen) atoms. The maximum Gasteiger partial charge on any atom is 0.267 e. The highest BCUT2D eigenvalue weighted by Gasteiger charge is 2.14. The largest absolute Gasteiger partial charge is 0.493 e. The number of para-hydroxylation sites is 2. The van der Waals surface area contributed by atoms with E-state index in [1.807, 2.05) is 62.4 Å². The number of hydrogen-bond acceptors (Lipinski definition) is 5. The number of methoxy groups -OCH3 is 1. The van der Waals surface area contributed by atoms with E-state index >= 15 is 0 Å². The Morgan fingerprint density at radius 2 is 1.51 bits per heavy atom. The number of amides is 2. The number of benzene rings is 3. The van der Waals surface area contributed by atoms with E-state index in [4.69, 9.17) is 14.2 Å². The first-order valence-electron chi connectivity index (χ1n) is 11.4. The number of ether oxygens (including phenoxy) is 3. The van der Waals surface area contributed by atoms with Crippen LogP contribution in [0.2, 0.25) is 0 Å². The first-order chi connectivity index (χ1) is 17.0. The highest BCUT2D eigenvalue weighted by Crippen LogP contribution is 2.25. The second kappa shape index (κ2) is 12.8. The molecule has 0 saturated heterocycles. The highest BCUT2D eigenvalue weighted by molar-refractivity contribution is 6.05. The van der Waals surface area contributed by atoms with E-state index in [0.717, 1.165) is 11.1 Å². The smallest absolute Gasteiger partial charge is 0.267 e. The zero-order chi connectivity index (χ0) is 25.0. The van der Waals surface area contributed by atoms with Gasteiger partial charge >= 0.3 is 0 Å². The van der Waals surface area contributed by atoms with Gasteiger partial charge in [0.15, 0.2) is 11.5 Å². The van der Waals surface area contributed by atoms with Gasteiger partial charge in [-0.15, -0.1) is 0 Å². The van der Waals surface area contributed by atoms with Crippen molar-refractivity contribution in [3.8, 4) is 17.2 Å². The topological polar surface area (TPSA) is 85.9 Å². The number of nitrogens with one attached hydrogen (secondary N) is 2. The molecule has 7 nitrogen and oxygen atoms in total. The monoisotopic (exact) mass is 474 g/mol. The summed E-state index contributed by atoms with van der Waals surface area (Å²) in [5, 5.41) is 5.45. The van der Waals surface area contributed by atoms with Crippen molar-refractivity contribution in [1.82, 2.24) is 10.6 Å². The lowest BCUT2D eigenvalue weighted by Gasteiger charge is -2.12. The summed E-state index contributed by atoms with van der Waals surface area (Å²) in [7, 11) is 1.60. The standard InChI is InChI=1S/C28H30N2O5/c1-4-29-28(32)24(30-27(31)22-13-9-20(2)10-14-22)19-21-11-15-23(16-12-21)34-17-18-35-26-8-6-5-7-25(26)33-3/h5-16,19H,4,17-18H2,1-3H3,(H,29,32)(H,30,31). The maximum atomic E-state index is 12.6. The van der Waals surface area contributed by atoms with Gasteiger partial charge in [-0.3, -0.25) is 9.59 Å². The van der Waals surface area contributed by atoms with Crippen molar-refractivity contribution in [2.45, 2.75) is 13.8 Å². The lowest BCUT2D eigenvalue weighted by molar-refractivity contribution is -0.117. The SMILES string of the molecule is CCNC(=O)C(=Cc1ccc(OCCOc2ccccc2OC)cc1)NC(=O)c1ccc(C)cc1. The van der Waals surface area contributed by atoms with Crippen molar-refractivity contribution in [2.75, 3.05) is 26.9 Å². The van der Waals surface area contributed by atoms with Crippen molar-refractivity contribution in [2.24, 2.45) is 0 Å². The Morgan fingerprint density at radius 3 is 2.17 bits per heavy atom. The predicted octanol–water partition coefficient (Wildman–Crippen LogP) is 4.37. The number of carbonyl (C=O) groups is 2. The van der Waals surface area contributed by atoms with Crippen LogP contribution in [0.4, 0.5) is 0 Å². The molecule has 3 aromatic carbocycles. The second-order valence-electron chi connectivity index (χ2n) is 7.65. The molecule has 3 aromatic rings. The van der Waals surface area contributed by atoms with Crippen LogP contribution in [0.25, 0.3) is 6.08 Å². The van der Waals surface area contributed by atoms with E-state index in [9.17, 15) is 9.59 Å². The molecule has 0 bridgehead atoms. The molecule has 0 saturated carbocycles. The lowest BCUT2D eigenvalue weighted by Crippen LogP contribution is -2.34. The Labute approximate surface area is 205 Å². The fraction of sp³-hybridized carbons (Fsp3) is 0.214. The molecule has 0 radical (unpaired) electrons. The molecule has 0 atom stereocenters. The highest BCUT2D eigenvalue weighted by atomic mass is 16.5. The molecule has 2 N–H and O–H groups in total. The van der Waals surface area contributed by atoms with Gasteiger partial charge in [-0.1, -0.05) is 42.0 Å². The number of aryl methyl sites for hydroxylation is 1. The van der Waals surface area contributed by atoms with Gasteiger partial charge in [0.25, 0.3) is 11.8 Å². The molecule has 0 unspecified atom stereocenters. The molecule has 0 aromatic heterocycles.